The van der Waals surface area contributed by atoms with E-state index in [0.717, 1.165) is 11.3 Å². The second-order valence-electron chi connectivity index (χ2n) is 5.50. The van der Waals surface area contributed by atoms with Crippen LogP contribution >= 0.6 is 0 Å². The summed E-state index contributed by atoms with van der Waals surface area (Å²) in [6.07, 6.45) is 5.16. The highest BCUT2D eigenvalue weighted by molar-refractivity contribution is 5.78. The monoisotopic (exact) mass is 301 g/mol. The lowest BCUT2D eigenvalue weighted by atomic mass is 9.97. The molecule has 0 fully saturated rings. The summed E-state index contributed by atoms with van der Waals surface area (Å²) in [6, 6.07) is 9.57. The van der Waals surface area contributed by atoms with Gasteiger partial charge in [0, 0.05) is 18.9 Å². The number of carbonyl (C=O) groups excluding carboxylic acids is 1. The van der Waals surface area contributed by atoms with E-state index in [0.29, 0.717) is 25.8 Å². The van der Waals surface area contributed by atoms with Crippen LogP contribution in [0.5, 0.6) is 0 Å². The molecule has 0 atom stereocenters. The molecule has 0 saturated carbocycles. The molecule has 0 aliphatic heterocycles. The maximum absolute atomic E-state index is 12.0. The van der Waals surface area contributed by atoms with Gasteiger partial charge in [-0.2, -0.15) is 5.10 Å². The van der Waals surface area contributed by atoms with Crippen molar-refractivity contribution >= 4 is 5.91 Å². The van der Waals surface area contributed by atoms with Gasteiger partial charge in [-0.1, -0.05) is 26.0 Å². The van der Waals surface area contributed by atoms with Crippen molar-refractivity contribution in [2.24, 2.45) is 0 Å². The van der Waals surface area contributed by atoms with Crippen molar-refractivity contribution in [3.8, 4) is 5.69 Å². The summed E-state index contributed by atoms with van der Waals surface area (Å²) in [6.45, 7) is 4.14. The van der Waals surface area contributed by atoms with Gasteiger partial charge in [-0.3, -0.25) is 4.79 Å². The number of rotatable bonds is 7. The van der Waals surface area contributed by atoms with Gasteiger partial charge in [-0.25, -0.2) is 4.68 Å². The van der Waals surface area contributed by atoms with E-state index in [1.807, 2.05) is 50.4 Å². The fourth-order valence-electron chi connectivity index (χ4n) is 2.20. The quantitative estimate of drug-likeness (QED) is 0.823. The summed E-state index contributed by atoms with van der Waals surface area (Å²) in [5.41, 5.74) is 1.09. The number of nitrogens with zero attached hydrogens (tertiary/aromatic N) is 2. The zero-order valence-corrected chi connectivity index (χ0v) is 13.1. The Morgan fingerprint density at radius 3 is 2.50 bits per heavy atom. The average Bonchev–Trinajstić information content (AvgIpc) is 3.08. The predicted octanol–water partition coefficient (Wildman–Crippen LogP) is 2.08. The molecule has 0 unspecified atom stereocenters. The first-order valence-corrected chi connectivity index (χ1v) is 7.64. The van der Waals surface area contributed by atoms with Gasteiger partial charge in [-0.05, 0) is 36.6 Å². The Hall–Kier alpha value is -2.14. The Balaban J connectivity index is 1.89. The topological polar surface area (TPSA) is 67.2 Å². The summed E-state index contributed by atoms with van der Waals surface area (Å²) in [4.78, 5) is 12.0. The van der Waals surface area contributed by atoms with Gasteiger partial charge in [-0.15, -0.1) is 0 Å². The number of aromatic nitrogens is 2. The van der Waals surface area contributed by atoms with Crippen molar-refractivity contribution in [2.75, 3.05) is 6.54 Å². The Bertz CT molecular complexity index is 587. The van der Waals surface area contributed by atoms with E-state index >= 15 is 0 Å². The summed E-state index contributed by atoms with van der Waals surface area (Å²) in [5.74, 6) is -0.0767. The molecular weight excluding hydrogens is 278 g/mol. The van der Waals surface area contributed by atoms with Gasteiger partial charge in [0.15, 0.2) is 0 Å². The van der Waals surface area contributed by atoms with Crippen molar-refractivity contribution in [2.45, 2.75) is 38.7 Å². The highest BCUT2D eigenvalue weighted by Gasteiger charge is 2.22. The van der Waals surface area contributed by atoms with Gasteiger partial charge in [0.1, 0.15) is 0 Å². The van der Waals surface area contributed by atoms with E-state index in [9.17, 15) is 9.90 Å². The van der Waals surface area contributed by atoms with Gasteiger partial charge < -0.3 is 10.4 Å². The molecule has 118 valence electrons. The number of nitrogens with one attached hydrogen (secondary N) is 1. The van der Waals surface area contributed by atoms with Crippen molar-refractivity contribution in [1.82, 2.24) is 15.1 Å². The van der Waals surface area contributed by atoms with Crippen LogP contribution in [0.15, 0.2) is 42.7 Å². The molecule has 2 aromatic rings. The molecule has 5 nitrogen and oxygen atoms in total. The highest BCUT2D eigenvalue weighted by Crippen LogP contribution is 2.13. The number of hydrogen-bond acceptors (Lipinski definition) is 3. The minimum Gasteiger partial charge on any atom is -0.388 e. The normalized spacial score (nSPS) is 11.4. The molecule has 1 aromatic carbocycles. The maximum Gasteiger partial charge on any atom is 0.224 e. The van der Waals surface area contributed by atoms with Crippen LogP contribution in [0.2, 0.25) is 0 Å². The third-order valence-electron chi connectivity index (χ3n) is 4.00. The van der Waals surface area contributed by atoms with Crippen LogP contribution < -0.4 is 5.32 Å². The van der Waals surface area contributed by atoms with Crippen molar-refractivity contribution in [3.05, 3.63) is 48.3 Å². The molecule has 2 rings (SSSR count). The Morgan fingerprint density at radius 1 is 1.27 bits per heavy atom. The molecule has 5 heteroatoms. The van der Waals surface area contributed by atoms with Crippen LogP contribution in [-0.2, 0) is 11.2 Å². The number of carbonyl (C=O) groups is 1. The third kappa shape index (κ3) is 4.18. The van der Waals surface area contributed by atoms with E-state index in [2.05, 4.69) is 10.4 Å². The first kappa shape index (κ1) is 16.2. The van der Waals surface area contributed by atoms with Gasteiger partial charge >= 0.3 is 0 Å². The largest absolute Gasteiger partial charge is 0.388 e. The Labute approximate surface area is 131 Å². The van der Waals surface area contributed by atoms with E-state index in [1.54, 1.807) is 10.9 Å². The minimum absolute atomic E-state index is 0.0767. The molecule has 1 aromatic heterocycles. The molecule has 0 aliphatic carbocycles. The van der Waals surface area contributed by atoms with E-state index < -0.39 is 5.60 Å². The van der Waals surface area contributed by atoms with Crippen molar-refractivity contribution in [1.29, 1.82) is 0 Å². The zero-order chi connectivity index (χ0) is 16.0. The SMILES string of the molecule is CCC(O)(CC)CNC(=O)Cc1ccc(-n2cccn2)cc1. The molecule has 0 saturated heterocycles. The Morgan fingerprint density at radius 2 is 1.95 bits per heavy atom. The molecule has 22 heavy (non-hydrogen) atoms. The average molecular weight is 301 g/mol. The first-order valence-electron chi connectivity index (χ1n) is 7.64. The molecular formula is C17H23N3O2. The van der Waals surface area contributed by atoms with Crippen molar-refractivity contribution in [3.63, 3.8) is 0 Å². The summed E-state index contributed by atoms with van der Waals surface area (Å²) in [5, 5.41) is 17.1. The molecule has 2 N–H and O–H groups in total. The van der Waals surface area contributed by atoms with Gasteiger partial charge in [0.05, 0.1) is 17.7 Å². The minimum atomic E-state index is -0.806. The zero-order valence-electron chi connectivity index (χ0n) is 13.1. The fraction of sp³-hybridized carbons (Fsp3) is 0.412. The van der Waals surface area contributed by atoms with Crippen LogP contribution in [0.1, 0.15) is 32.3 Å². The number of amides is 1. The van der Waals surface area contributed by atoms with E-state index in [-0.39, 0.29) is 5.91 Å². The summed E-state index contributed by atoms with van der Waals surface area (Å²) in [7, 11) is 0. The fourth-order valence-corrected chi connectivity index (χ4v) is 2.20. The second-order valence-corrected chi connectivity index (χ2v) is 5.50. The smallest absolute Gasteiger partial charge is 0.224 e. The highest BCUT2D eigenvalue weighted by atomic mass is 16.3. The van der Waals surface area contributed by atoms with Crippen LogP contribution in [-0.4, -0.2) is 32.9 Å². The molecule has 0 spiro atoms. The molecule has 1 amide bonds. The number of benzene rings is 1. The van der Waals surface area contributed by atoms with E-state index in [1.165, 1.54) is 0 Å². The van der Waals surface area contributed by atoms with Crippen LogP contribution in [0.4, 0.5) is 0 Å². The van der Waals surface area contributed by atoms with Crippen LogP contribution in [0, 0.1) is 0 Å². The van der Waals surface area contributed by atoms with Crippen molar-refractivity contribution < 1.29 is 9.90 Å². The van der Waals surface area contributed by atoms with Crippen LogP contribution in [0.25, 0.3) is 5.69 Å². The van der Waals surface area contributed by atoms with E-state index in [4.69, 9.17) is 0 Å². The van der Waals surface area contributed by atoms with Crippen LogP contribution in [0.3, 0.4) is 0 Å². The summed E-state index contributed by atoms with van der Waals surface area (Å²) >= 11 is 0. The molecule has 1 heterocycles. The lowest BCUT2D eigenvalue weighted by molar-refractivity contribution is -0.121. The lowest BCUT2D eigenvalue weighted by Gasteiger charge is -2.25. The maximum atomic E-state index is 12.0. The Kier molecular flexibility index (Phi) is 5.33. The number of hydrogen-bond donors (Lipinski definition) is 2. The predicted molar refractivity (Wildman–Crippen MR) is 85.8 cm³/mol. The third-order valence-corrected chi connectivity index (χ3v) is 4.00. The molecule has 0 bridgehead atoms. The summed E-state index contributed by atoms with van der Waals surface area (Å²) < 4.78 is 1.77. The molecule has 0 radical (unpaired) electrons. The second kappa shape index (κ2) is 7.22. The number of aliphatic hydroxyl groups is 1. The standard InChI is InChI=1S/C17H23N3O2/c1-3-17(22,4-2)13-18-16(21)12-14-6-8-15(9-7-14)20-11-5-10-19-20/h5-11,22H,3-4,12-13H2,1-2H3,(H,18,21). The lowest BCUT2D eigenvalue weighted by Crippen LogP contribution is -2.42. The van der Waals surface area contributed by atoms with Gasteiger partial charge in [0.25, 0.3) is 0 Å². The first-order chi connectivity index (χ1) is 10.6. The molecule has 0 aliphatic rings. The van der Waals surface area contributed by atoms with Gasteiger partial charge in [0.2, 0.25) is 5.91 Å².